The molecule has 0 saturated carbocycles. The Morgan fingerprint density at radius 2 is 2.16 bits per heavy atom. The zero-order valence-electron chi connectivity index (χ0n) is 12.0. The fourth-order valence-corrected chi connectivity index (χ4v) is 1.82. The van der Waals surface area contributed by atoms with Crippen LogP contribution < -0.4 is 15.2 Å². The second-order valence-electron chi connectivity index (χ2n) is 4.64. The van der Waals surface area contributed by atoms with Crippen LogP contribution in [-0.2, 0) is 6.42 Å². The normalized spacial score (nSPS) is 11.9. The van der Waals surface area contributed by atoms with Gasteiger partial charge in [0.1, 0.15) is 0 Å². The predicted molar refractivity (Wildman–Crippen MR) is 79.9 cm³/mol. The van der Waals surface area contributed by atoms with Crippen LogP contribution in [0.2, 0.25) is 0 Å². The lowest BCUT2D eigenvalue weighted by atomic mass is 10.0. The standard InChI is InChI=1S/C16H25NO2/c1-4-6-7-10-19-16-12-13(11-14(17)5-2)8-9-15(16)18-3/h4,8-9,12,14H,1,5-7,10-11,17H2,2-3H3. The summed E-state index contributed by atoms with van der Waals surface area (Å²) in [6, 6.07) is 6.22. The van der Waals surface area contributed by atoms with Crippen molar-refractivity contribution in [2.75, 3.05) is 13.7 Å². The van der Waals surface area contributed by atoms with Gasteiger partial charge in [-0.05, 0) is 43.4 Å². The number of methoxy groups -OCH3 is 1. The molecule has 1 atom stereocenters. The largest absolute Gasteiger partial charge is 0.493 e. The van der Waals surface area contributed by atoms with Crippen LogP contribution in [-0.4, -0.2) is 19.8 Å². The molecule has 0 fully saturated rings. The van der Waals surface area contributed by atoms with Gasteiger partial charge in [-0.25, -0.2) is 0 Å². The lowest BCUT2D eigenvalue weighted by molar-refractivity contribution is 0.290. The molecule has 0 radical (unpaired) electrons. The summed E-state index contributed by atoms with van der Waals surface area (Å²) in [5.74, 6) is 1.57. The first-order chi connectivity index (χ1) is 9.21. The molecule has 0 aliphatic carbocycles. The summed E-state index contributed by atoms with van der Waals surface area (Å²) in [6.45, 7) is 6.47. The second kappa shape index (κ2) is 8.59. The highest BCUT2D eigenvalue weighted by molar-refractivity contribution is 5.43. The molecule has 0 spiro atoms. The van der Waals surface area contributed by atoms with E-state index in [1.54, 1.807) is 7.11 Å². The molecule has 3 heteroatoms. The number of hydrogen-bond acceptors (Lipinski definition) is 3. The Morgan fingerprint density at radius 1 is 1.37 bits per heavy atom. The van der Waals surface area contributed by atoms with Crippen LogP contribution in [0.5, 0.6) is 11.5 Å². The average Bonchev–Trinajstić information content (AvgIpc) is 2.43. The fraction of sp³-hybridized carbons (Fsp3) is 0.500. The van der Waals surface area contributed by atoms with E-state index in [4.69, 9.17) is 15.2 Å². The molecule has 1 aromatic rings. The quantitative estimate of drug-likeness (QED) is 0.549. The third-order valence-corrected chi connectivity index (χ3v) is 3.06. The summed E-state index contributed by atoms with van der Waals surface area (Å²) in [6.07, 6.45) is 5.66. The smallest absolute Gasteiger partial charge is 0.161 e. The van der Waals surface area contributed by atoms with E-state index in [2.05, 4.69) is 13.5 Å². The Balaban J connectivity index is 2.69. The van der Waals surface area contributed by atoms with Crippen molar-refractivity contribution in [3.8, 4) is 11.5 Å². The van der Waals surface area contributed by atoms with E-state index in [0.717, 1.165) is 37.2 Å². The van der Waals surface area contributed by atoms with Crippen molar-refractivity contribution in [3.63, 3.8) is 0 Å². The van der Waals surface area contributed by atoms with Crippen molar-refractivity contribution < 1.29 is 9.47 Å². The Hall–Kier alpha value is -1.48. The minimum Gasteiger partial charge on any atom is -0.493 e. The molecule has 2 N–H and O–H groups in total. The van der Waals surface area contributed by atoms with Gasteiger partial charge in [-0.3, -0.25) is 0 Å². The molecule has 0 heterocycles. The maximum atomic E-state index is 5.98. The first-order valence-electron chi connectivity index (χ1n) is 6.87. The Morgan fingerprint density at radius 3 is 2.79 bits per heavy atom. The van der Waals surface area contributed by atoms with E-state index in [0.29, 0.717) is 6.61 Å². The number of hydrogen-bond donors (Lipinski definition) is 1. The third kappa shape index (κ3) is 5.35. The van der Waals surface area contributed by atoms with Gasteiger partial charge in [0.25, 0.3) is 0 Å². The molecular formula is C16H25NO2. The molecule has 0 amide bonds. The van der Waals surface area contributed by atoms with Crippen molar-refractivity contribution in [2.24, 2.45) is 5.73 Å². The van der Waals surface area contributed by atoms with Crippen LogP contribution in [0.3, 0.4) is 0 Å². The monoisotopic (exact) mass is 263 g/mol. The molecule has 0 aromatic heterocycles. The molecule has 1 unspecified atom stereocenters. The first-order valence-corrected chi connectivity index (χ1v) is 6.87. The number of rotatable bonds is 9. The molecule has 3 nitrogen and oxygen atoms in total. The molecule has 1 rings (SSSR count). The Bertz CT molecular complexity index is 390. The van der Waals surface area contributed by atoms with Crippen LogP contribution in [0.1, 0.15) is 31.7 Å². The van der Waals surface area contributed by atoms with E-state index in [1.165, 1.54) is 5.56 Å². The minimum absolute atomic E-state index is 0.196. The zero-order chi connectivity index (χ0) is 14.1. The molecule has 0 aliphatic heterocycles. The lowest BCUT2D eigenvalue weighted by Gasteiger charge is -2.14. The van der Waals surface area contributed by atoms with Crippen molar-refractivity contribution in [1.29, 1.82) is 0 Å². The third-order valence-electron chi connectivity index (χ3n) is 3.06. The topological polar surface area (TPSA) is 44.5 Å². The average molecular weight is 263 g/mol. The number of nitrogens with two attached hydrogens (primary N) is 1. The SMILES string of the molecule is C=CCCCOc1cc(CC(N)CC)ccc1OC. The van der Waals surface area contributed by atoms with Crippen LogP contribution in [0.15, 0.2) is 30.9 Å². The van der Waals surface area contributed by atoms with Gasteiger partial charge in [-0.15, -0.1) is 6.58 Å². The van der Waals surface area contributed by atoms with Crippen molar-refractivity contribution in [1.82, 2.24) is 0 Å². The van der Waals surface area contributed by atoms with E-state index in [9.17, 15) is 0 Å². The highest BCUT2D eigenvalue weighted by atomic mass is 16.5. The maximum Gasteiger partial charge on any atom is 0.161 e. The molecular weight excluding hydrogens is 238 g/mol. The van der Waals surface area contributed by atoms with Gasteiger partial charge in [0.15, 0.2) is 11.5 Å². The zero-order valence-corrected chi connectivity index (χ0v) is 12.0. The lowest BCUT2D eigenvalue weighted by Crippen LogP contribution is -2.21. The highest BCUT2D eigenvalue weighted by Gasteiger charge is 2.08. The van der Waals surface area contributed by atoms with Gasteiger partial charge in [-0.1, -0.05) is 19.1 Å². The minimum atomic E-state index is 0.196. The molecule has 106 valence electrons. The molecule has 0 aliphatic rings. The fourth-order valence-electron chi connectivity index (χ4n) is 1.82. The molecule has 0 saturated heterocycles. The van der Waals surface area contributed by atoms with Crippen molar-refractivity contribution >= 4 is 0 Å². The van der Waals surface area contributed by atoms with Crippen molar-refractivity contribution in [3.05, 3.63) is 36.4 Å². The number of unbranched alkanes of at least 4 members (excludes halogenated alkanes) is 1. The van der Waals surface area contributed by atoms with E-state index in [-0.39, 0.29) is 6.04 Å². The van der Waals surface area contributed by atoms with Gasteiger partial charge >= 0.3 is 0 Å². The number of ether oxygens (including phenoxy) is 2. The van der Waals surface area contributed by atoms with Gasteiger partial charge in [0.2, 0.25) is 0 Å². The predicted octanol–water partition coefficient (Wildman–Crippen LogP) is 3.32. The van der Waals surface area contributed by atoms with Gasteiger partial charge < -0.3 is 15.2 Å². The second-order valence-corrected chi connectivity index (χ2v) is 4.64. The number of allylic oxidation sites excluding steroid dienone is 1. The highest BCUT2D eigenvalue weighted by Crippen LogP contribution is 2.28. The van der Waals surface area contributed by atoms with Gasteiger partial charge in [0.05, 0.1) is 13.7 Å². The Labute approximate surface area is 116 Å². The Kier molecular flexibility index (Phi) is 7.04. The molecule has 19 heavy (non-hydrogen) atoms. The van der Waals surface area contributed by atoms with Crippen LogP contribution in [0.4, 0.5) is 0 Å². The van der Waals surface area contributed by atoms with E-state index < -0.39 is 0 Å². The summed E-state index contributed by atoms with van der Waals surface area (Å²) in [7, 11) is 1.66. The summed E-state index contributed by atoms with van der Waals surface area (Å²) >= 11 is 0. The van der Waals surface area contributed by atoms with Crippen LogP contribution in [0, 0.1) is 0 Å². The molecule has 1 aromatic carbocycles. The van der Waals surface area contributed by atoms with Crippen molar-refractivity contribution in [2.45, 2.75) is 38.6 Å². The summed E-state index contributed by atoms with van der Waals surface area (Å²) < 4.78 is 11.1. The number of benzene rings is 1. The summed E-state index contributed by atoms with van der Waals surface area (Å²) in [4.78, 5) is 0. The van der Waals surface area contributed by atoms with E-state index in [1.807, 2.05) is 24.3 Å². The van der Waals surface area contributed by atoms with E-state index >= 15 is 0 Å². The van der Waals surface area contributed by atoms with Crippen LogP contribution >= 0.6 is 0 Å². The first kappa shape index (κ1) is 15.6. The van der Waals surface area contributed by atoms with Gasteiger partial charge in [-0.2, -0.15) is 0 Å². The van der Waals surface area contributed by atoms with Crippen LogP contribution in [0.25, 0.3) is 0 Å². The summed E-state index contributed by atoms with van der Waals surface area (Å²) in [5.41, 5.74) is 7.17. The van der Waals surface area contributed by atoms with Gasteiger partial charge in [0, 0.05) is 6.04 Å². The molecule has 0 bridgehead atoms. The summed E-state index contributed by atoms with van der Waals surface area (Å²) in [5, 5.41) is 0. The maximum absolute atomic E-state index is 5.98.